The summed E-state index contributed by atoms with van der Waals surface area (Å²) in [5.41, 5.74) is 3.46. The molecule has 4 rings (SSSR count). The number of unbranched alkanes of at least 4 members (excludes halogenated alkanes) is 1. The highest BCUT2D eigenvalue weighted by Crippen LogP contribution is 2.27. The van der Waals surface area contributed by atoms with Crippen molar-refractivity contribution in [2.75, 3.05) is 19.6 Å². The van der Waals surface area contributed by atoms with Crippen LogP contribution in [-0.2, 0) is 6.42 Å². The van der Waals surface area contributed by atoms with Gasteiger partial charge >= 0.3 is 11.8 Å². The van der Waals surface area contributed by atoms with Crippen molar-refractivity contribution in [3.05, 3.63) is 70.2 Å². The van der Waals surface area contributed by atoms with Gasteiger partial charge in [-0.15, -0.1) is 0 Å². The molecule has 0 aliphatic carbocycles. The second-order valence-electron chi connectivity index (χ2n) is 7.63. The van der Waals surface area contributed by atoms with Gasteiger partial charge in [0.15, 0.2) is 5.58 Å². The van der Waals surface area contributed by atoms with Crippen LogP contribution in [0.15, 0.2) is 57.7 Å². The number of nitrogens with one attached hydrogen (secondary N) is 2. The first kappa shape index (κ1) is 19.5. The van der Waals surface area contributed by atoms with E-state index in [0.717, 1.165) is 49.8 Å². The van der Waals surface area contributed by atoms with Gasteiger partial charge in [-0.1, -0.05) is 36.4 Å². The molecule has 1 aliphatic rings. The van der Waals surface area contributed by atoms with Gasteiger partial charge in [0.05, 0.1) is 5.52 Å². The molecular weight excluding hydrogens is 366 g/mol. The van der Waals surface area contributed by atoms with E-state index in [1.165, 1.54) is 11.1 Å². The molecule has 2 aromatic carbocycles. The van der Waals surface area contributed by atoms with Crippen LogP contribution >= 0.6 is 0 Å². The van der Waals surface area contributed by atoms with Gasteiger partial charge in [0.25, 0.3) is 0 Å². The second kappa shape index (κ2) is 9.09. The van der Waals surface area contributed by atoms with Crippen LogP contribution in [0.2, 0.25) is 0 Å². The normalized spacial score (nSPS) is 14.9. The van der Waals surface area contributed by atoms with E-state index in [2.05, 4.69) is 22.8 Å². The van der Waals surface area contributed by atoms with Crippen LogP contribution in [0.25, 0.3) is 11.1 Å². The third kappa shape index (κ3) is 4.59. The van der Waals surface area contributed by atoms with E-state index >= 15 is 0 Å². The number of carbonyl (C=O) groups is 1. The minimum atomic E-state index is -0.635. The first-order chi connectivity index (χ1) is 14.2. The van der Waals surface area contributed by atoms with Gasteiger partial charge < -0.3 is 15.1 Å². The van der Waals surface area contributed by atoms with Gasteiger partial charge in [0, 0.05) is 6.54 Å². The van der Waals surface area contributed by atoms with Crippen molar-refractivity contribution in [2.24, 2.45) is 0 Å². The third-order valence-corrected chi connectivity index (χ3v) is 5.63. The molecule has 1 aromatic heterocycles. The standard InChI is InChI=1S/C23H27N3O3/c27-22(25-13-5-4-8-17-6-2-1-3-7-17)26-20-10-9-19(16-21(20)29-23(26)28)18-11-14-24-15-12-18/h1-3,6-7,9-10,16,18,24H,4-5,8,11-15H2,(H,25,27). The molecule has 1 amide bonds. The zero-order valence-corrected chi connectivity index (χ0v) is 16.5. The van der Waals surface area contributed by atoms with Gasteiger partial charge in [0.1, 0.15) is 0 Å². The van der Waals surface area contributed by atoms with E-state index < -0.39 is 11.8 Å². The maximum Gasteiger partial charge on any atom is 0.428 e. The first-order valence-electron chi connectivity index (χ1n) is 10.4. The highest BCUT2D eigenvalue weighted by atomic mass is 16.4. The Morgan fingerprint density at radius 1 is 1.10 bits per heavy atom. The summed E-state index contributed by atoms with van der Waals surface area (Å²) in [6.45, 7) is 2.53. The summed E-state index contributed by atoms with van der Waals surface area (Å²) in [5.74, 6) is -0.169. The molecule has 0 bridgehead atoms. The molecule has 0 saturated carbocycles. The Morgan fingerprint density at radius 3 is 2.69 bits per heavy atom. The van der Waals surface area contributed by atoms with Crippen LogP contribution in [-0.4, -0.2) is 30.2 Å². The topological polar surface area (TPSA) is 76.3 Å². The van der Waals surface area contributed by atoms with E-state index in [1.807, 2.05) is 36.4 Å². The van der Waals surface area contributed by atoms with Crippen LogP contribution < -0.4 is 16.4 Å². The van der Waals surface area contributed by atoms with Gasteiger partial charge in [-0.3, -0.25) is 0 Å². The molecule has 1 saturated heterocycles. The van der Waals surface area contributed by atoms with E-state index in [4.69, 9.17) is 4.42 Å². The molecule has 1 fully saturated rings. The predicted molar refractivity (Wildman–Crippen MR) is 113 cm³/mol. The monoisotopic (exact) mass is 393 g/mol. The fraction of sp³-hybridized carbons (Fsp3) is 0.391. The van der Waals surface area contributed by atoms with Crippen molar-refractivity contribution in [2.45, 2.75) is 38.0 Å². The number of aryl methyl sites for hydroxylation is 1. The van der Waals surface area contributed by atoms with Gasteiger partial charge in [-0.25, -0.2) is 9.59 Å². The molecule has 1 aliphatic heterocycles. The summed E-state index contributed by atoms with van der Waals surface area (Å²) >= 11 is 0. The molecule has 6 nitrogen and oxygen atoms in total. The molecule has 0 spiro atoms. The summed E-state index contributed by atoms with van der Waals surface area (Å²) in [7, 11) is 0. The Hall–Kier alpha value is -2.86. The lowest BCUT2D eigenvalue weighted by atomic mass is 9.90. The average Bonchev–Trinajstić information content (AvgIpc) is 3.09. The van der Waals surface area contributed by atoms with Crippen molar-refractivity contribution in [3.8, 4) is 0 Å². The Bertz CT molecular complexity index is 1020. The quantitative estimate of drug-likeness (QED) is 0.627. The minimum Gasteiger partial charge on any atom is -0.407 e. The van der Waals surface area contributed by atoms with Crippen molar-refractivity contribution < 1.29 is 9.21 Å². The number of oxazole rings is 1. The molecule has 0 unspecified atom stereocenters. The number of nitrogens with zero attached hydrogens (tertiary/aromatic N) is 1. The van der Waals surface area contributed by atoms with E-state index in [0.29, 0.717) is 23.6 Å². The third-order valence-electron chi connectivity index (χ3n) is 5.63. The van der Waals surface area contributed by atoms with Crippen molar-refractivity contribution in [1.82, 2.24) is 15.2 Å². The number of hydrogen-bond donors (Lipinski definition) is 2. The molecular formula is C23H27N3O3. The second-order valence-corrected chi connectivity index (χ2v) is 7.63. The van der Waals surface area contributed by atoms with Crippen LogP contribution in [0.4, 0.5) is 4.79 Å². The predicted octanol–water partition coefficient (Wildman–Crippen LogP) is 3.64. The van der Waals surface area contributed by atoms with Crippen LogP contribution in [0.3, 0.4) is 0 Å². The number of hydrogen-bond acceptors (Lipinski definition) is 4. The summed E-state index contributed by atoms with van der Waals surface area (Å²) in [6.07, 6.45) is 4.94. The molecule has 0 atom stereocenters. The fourth-order valence-electron chi connectivity index (χ4n) is 4.01. The molecule has 3 aromatic rings. The summed E-state index contributed by atoms with van der Waals surface area (Å²) < 4.78 is 6.46. The highest BCUT2D eigenvalue weighted by molar-refractivity contribution is 5.88. The van der Waals surface area contributed by atoms with Crippen LogP contribution in [0, 0.1) is 0 Å². The number of fused-ring (bicyclic) bond motifs is 1. The lowest BCUT2D eigenvalue weighted by Gasteiger charge is -2.22. The molecule has 0 radical (unpaired) electrons. The zero-order valence-electron chi connectivity index (χ0n) is 16.5. The molecule has 6 heteroatoms. The molecule has 29 heavy (non-hydrogen) atoms. The fourth-order valence-corrected chi connectivity index (χ4v) is 4.01. The molecule has 152 valence electrons. The van der Waals surface area contributed by atoms with Crippen molar-refractivity contribution in [3.63, 3.8) is 0 Å². The maximum atomic E-state index is 12.5. The number of carbonyl (C=O) groups excluding carboxylic acids is 1. The lowest BCUT2D eigenvalue weighted by molar-refractivity contribution is 0.241. The number of benzene rings is 2. The van der Waals surface area contributed by atoms with Crippen molar-refractivity contribution >= 4 is 17.1 Å². The Balaban J connectivity index is 1.37. The Morgan fingerprint density at radius 2 is 1.90 bits per heavy atom. The number of aromatic nitrogens is 1. The van der Waals surface area contributed by atoms with Crippen LogP contribution in [0.1, 0.15) is 42.7 Å². The van der Waals surface area contributed by atoms with Gasteiger partial charge in [-0.2, -0.15) is 4.57 Å². The van der Waals surface area contributed by atoms with Gasteiger partial charge in [0.2, 0.25) is 0 Å². The summed E-state index contributed by atoms with van der Waals surface area (Å²) in [6, 6.07) is 15.6. The SMILES string of the molecule is O=C(NCCCCc1ccccc1)n1c(=O)oc2cc(C3CCNCC3)ccc21. The van der Waals surface area contributed by atoms with Gasteiger partial charge in [-0.05, 0) is 74.4 Å². The average molecular weight is 393 g/mol. The summed E-state index contributed by atoms with van der Waals surface area (Å²) in [4.78, 5) is 24.8. The van der Waals surface area contributed by atoms with E-state index in [-0.39, 0.29) is 0 Å². The number of rotatable bonds is 6. The lowest BCUT2D eigenvalue weighted by Crippen LogP contribution is -2.34. The smallest absolute Gasteiger partial charge is 0.407 e. The zero-order chi connectivity index (χ0) is 20.1. The van der Waals surface area contributed by atoms with E-state index in [1.54, 1.807) is 0 Å². The molecule has 2 N–H and O–H groups in total. The number of amides is 1. The Kier molecular flexibility index (Phi) is 6.10. The van der Waals surface area contributed by atoms with E-state index in [9.17, 15) is 9.59 Å². The maximum absolute atomic E-state index is 12.5. The summed E-state index contributed by atoms with van der Waals surface area (Å²) in [5, 5.41) is 6.20. The largest absolute Gasteiger partial charge is 0.428 e. The number of piperidine rings is 1. The first-order valence-corrected chi connectivity index (χ1v) is 10.4. The van der Waals surface area contributed by atoms with Crippen LogP contribution in [0.5, 0.6) is 0 Å². The van der Waals surface area contributed by atoms with Crippen molar-refractivity contribution in [1.29, 1.82) is 0 Å². The minimum absolute atomic E-state index is 0.428. The Labute approximate surface area is 169 Å². The molecule has 2 heterocycles. The highest BCUT2D eigenvalue weighted by Gasteiger charge is 2.19.